The first-order chi connectivity index (χ1) is 13.5. The number of hydrogen-bond acceptors (Lipinski definition) is 7. The van der Waals surface area contributed by atoms with Crippen molar-refractivity contribution < 1.29 is 23.6 Å². The van der Waals surface area contributed by atoms with Crippen molar-refractivity contribution in [3.05, 3.63) is 18.2 Å². The molecule has 1 aromatic heterocycles. The Hall–Kier alpha value is -2.26. The maximum absolute atomic E-state index is 12.7. The van der Waals surface area contributed by atoms with Gasteiger partial charge in [0.1, 0.15) is 0 Å². The highest BCUT2D eigenvalue weighted by Crippen LogP contribution is 2.33. The number of likely N-dealkylation sites (N-methyl/N-ethyl adjacent to an activating group) is 1. The Morgan fingerprint density at radius 2 is 1.96 bits per heavy atom. The van der Waals surface area contributed by atoms with Crippen molar-refractivity contribution >= 4 is 17.7 Å². The molecule has 2 heterocycles. The number of nitrogens with zero attached hydrogens (tertiary/aromatic N) is 3. The van der Waals surface area contributed by atoms with Gasteiger partial charge in [-0.1, -0.05) is 11.8 Å². The fourth-order valence-electron chi connectivity index (χ4n) is 3.20. The quantitative estimate of drug-likeness (QED) is 0.685. The van der Waals surface area contributed by atoms with E-state index in [4.69, 9.17) is 13.9 Å². The van der Waals surface area contributed by atoms with E-state index in [0.29, 0.717) is 22.6 Å². The molecule has 1 aromatic carbocycles. The van der Waals surface area contributed by atoms with E-state index in [9.17, 15) is 4.79 Å². The standard InChI is InChI=1S/C19H26N4O4S/c1-5-22-8-10-23(11-9-22)18(24)13(2)28-19-21-20-17(27-19)14-6-7-15(25-3)16(12-14)26-4/h6-7,12-13H,5,8-11H2,1-4H3/p+1/t13-/m0/s1. The van der Waals surface area contributed by atoms with Gasteiger partial charge in [-0.3, -0.25) is 4.79 Å². The maximum Gasteiger partial charge on any atom is 0.277 e. The highest BCUT2D eigenvalue weighted by atomic mass is 32.2. The number of nitrogens with one attached hydrogen (secondary N) is 1. The van der Waals surface area contributed by atoms with Crippen LogP contribution in [0.3, 0.4) is 0 Å². The third-order valence-corrected chi connectivity index (χ3v) is 5.87. The second kappa shape index (κ2) is 9.29. The minimum Gasteiger partial charge on any atom is -0.493 e. The highest BCUT2D eigenvalue weighted by molar-refractivity contribution is 8.00. The van der Waals surface area contributed by atoms with Gasteiger partial charge in [0.2, 0.25) is 11.8 Å². The van der Waals surface area contributed by atoms with Crippen molar-refractivity contribution in [3.63, 3.8) is 0 Å². The zero-order valence-corrected chi connectivity index (χ0v) is 17.5. The predicted octanol–water partition coefficient (Wildman–Crippen LogP) is 0.981. The van der Waals surface area contributed by atoms with Gasteiger partial charge in [0.15, 0.2) is 11.5 Å². The van der Waals surface area contributed by atoms with Gasteiger partial charge in [0.05, 0.1) is 52.2 Å². The number of aromatic nitrogens is 2. The first-order valence-electron chi connectivity index (χ1n) is 9.40. The lowest BCUT2D eigenvalue weighted by molar-refractivity contribution is -0.902. The number of carbonyl (C=O) groups excluding carboxylic acids is 1. The fourth-order valence-corrected chi connectivity index (χ4v) is 3.97. The van der Waals surface area contributed by atoms with Crippen molar-refractivity contribution in [1.29, 1.82) is 0 Å². The first kappa shape index (κ1) is 20.5. The van der Waals surface area contributed by atoms with Gasteiger partial charge in [-0.05, 0) is 32.0 Å². The number of thioether (sulfide) groups is 1. The minimum absolute atomic E-state index is 0.117. The van der Waals surface area contributed by atoms with Gasteiger partial charge in [0, 0.05) is 5.56 Å². The summed E-state index contributed by atoms with van der Waals surface area (Å²) in [7, 11) is 3.16. The van der Waals surface area contributed by atoms with Crippen LogP contribution >= 0.6 is 11.8 Å². The summed E-state index contributed by atoms with van der Waals surface area (Å²) >= 11 is 1.29. The largest absolute Gasteiger partial charge is 0.493 e. The topological polar surface area (TPSA) is 82.1 Å². The fraction of sp³-hybridized carbons (Fsp3) is 0.526. The summed E-state index contributed by atoms with van der Waals surface area (Å²) in [6.45, 7) is 8.77. The summed E-state index contributed by atoms with van der Waals surface area (Å²) in [5.41, 5.74) is 0.731. The Bertz CT molecular complexity index is 805. The van der Waals surface area contributed by atoms with Crippen LogP contribution in [0.25, 0.3) is 11.5 Å². The van der Waals surface area contributed by atoms with Crippen LogP contribution in [-0.2, 0) is 4.79 Å². The third kappa shape index (κ3) is 4.59. The van der Waals surface area contributed by atoms with Gasteiger partial charge in [-0.15, -0.1) is 10.2 Å². The van der Waals surface area contributed by atoms with Crippen molar-refractivity contribution in [2.24, 2.45) is 0 Å². The second-order valence-electron chi connectivity index (χ2n) is 6.63. The van der Waals surface area contributed by atoms with Crippen molar-refractivity contribution in [3.8, 4) is 23.0 Å². The SMILES string of the molecule is CC[NH+]1CCN(C(=O)[C@H](C)Sc2nnc(-c3ccc(OC)c(OC)c3)o2)CC1. The molecule has 28 heavy (non-hydrogen) atoms. The molecule has 2 aromatic rings. The molecule has 3 rings (SSSR count). The molecule has 9 heteroatoms. The maximum atomic E-state index is 12.7. The average Bonchev–Trinajstić information content (AvgIpc) is 3.21. The van der Waals surface area contributed by atoms with Crippen LogP contribution in [0, 0.1) is 0 Å². The van der Waals surface area contributed by atoms with E-state index in [-0.39, 0.29) is 11.2 Å². The third-order valence-electron chi connectivity index (χ3n) is 4.94. The molecule has 0 radical (unpaired) electrons. The van der Waals surface area contributed by atoms with E-state index in [0.717, 1.165) is 38.3 Å². The first-order valence-corrected chi connectivity index (χ1v) is 10.3. The van der Waals surface area contributed by atoms with Gasteiger partial charge in [-0.25, -0.2) is 0 Å². The van der Waals surface area contributed by atoms with Gasteiger partial charge in [0.25, 0.3) is 5.22 Å². The Labute approximate surface area is 169 Å². The molecule has 0 aliphatic carbocycles. The van der Waals surface area contributed by atoms with E-state index in [1.54, 1.807) is 31.3 Å². The zero-order valence-electron chi connectivity index (χ0n) is 16.7. The second-order valence-corrected chi connectivity index (χ2v) is 7.92. The van der Waals surface area contributed by atoms with Crippen LogP contribution in [-0.4, -0.2) is 73.2 Å². The minimum atomic E-state index is -0.276. The summed E-state index contributed by atoms with van der Waals surface area (Å²) in [6, 6.07) is 5.40. The molecule has 0 unspecified atom stereocenters. The van der Waals surface area contributed by atoms with Crippen LogP contribution in [0.4, 0.5) is 0 Å². The smallest absolute Gasteiger partial charge is 0.277 e. The van der Waals surface area contributed by atoms with E-state index in [2.05, 4.69) is 17.1 Å². The number of piperazine rings is 1. The molecular formula is C19H27N4O4S+. The summed E-state index contributed by atoms with van der Waals surface area (Å²) in [6.07, 6.45) is 0. The molecule has 0 bridgehead atoms. The lowest BCUT2D eigenvalue weighted by atomic mass is 10.2. The molecule has 1 aliphatic rings. The molecule has 1 saturated heterocycles. The van der Waals surface area contributed by atoms with Crippen LogP contribution in [0.1, 0.15) is 13.8 Å². The molecule has 0 saturated carbocycles. The number of hydrogen-bond donors (Lipinski definition) is 1. The molecular weight excluding hydrogens is 380 g/mol. The zero-order chi connectivity index (χ0) is 20.1. The Morgan fingerprint density at radius 3 is 2.61 bits per heavy atom. The molecule has 152 valence electrons. The number of carbonyl (C=O) groups is 1. The lowest BCUT2D eigenvalue weighted by Crippen LogP contribution is -3.14. The normalized spacial score (nSPS) is 16.1. The number of rotatable bonds is 7. The Morgan fingerprint density at radius 1 is 1.25 bits per heavy atom. The number of benzene rings is 1. The van der Waals surface area contributed by atoms with Crippen molar-refractivity contribution in [2.45, 2.75) is 24.3 Å². The van der Waals surface area contributed by atoms with Gasteiger partial charge < -0.3 is 23.7 Å². The van der Waals surface area contributed by atoms with Gasteiger partial charge in [-0.2, -0.15) is 0 Å². The molecule has 1 fully saturated rings. The summed E-state index contributed by atoms with van der Waals surface area (Å²) in [5, 5.41) is 8.29. The summed E-state index contributed by atoms with van der Waals surface area (Å²) in [4.78, 5) is 16.2. The molecule has 1 aliphatic heterocycles. The Kier molecular flexibility index (Phi) is 6.79. The molecule has 8 nitrogen and oxygen atoms in total. The summed E-state index contributed by atoms with van der Waals surface area (Å²) in [5.74, 6) is 1.71. The monoisotopic (exact) mass is 407 g/mol. The molecule has 0 spiro atoms. The lowest BCUT2D eigenvalue weighted by Gasteiger charge is -2.32. The molecule has 1 amide bonds. The number of amides is 1. The van der Waals surface area contributed by atoms with Crippen molar-refractivity contribution in [2.75, 3.05) is 46.9 Å². The molecule has 1 atom stereocenters. The van der Waals surface area contributed by atoms with Crippen molar-refractivity contribution in [1.82, 2.24) is 15.1 Å². The number of quaternary nitrogens is 1. The highest BCUT2D eigenvalue weighted by Gasteiger charge is 2.28. The number of ether oxygens (including phenoxy) is 2. The Balaban J connectivity index is 1.63. The van der Waals surface area contributed by atoms with E-state index < -0.39 is 0 Å². The average molecular weight is 408 g/mol. The van der Waals surface area contributed by atoms with Gasteiger partial charge >= 0.3 is 0 Å². The summed E-state index contributed by atoms with van der Waals surface area (Å²) < 4.78 is 16.3. The number of methoxy groups -OCH3 is 2. The molecule has 1 N–H and O–H groups in total. The van der Waals surface area contributed by atoms with Crippen LogP contribution in [0.5, 0.6) is 11.5 Å². The van der Waals surface area contributed by atoms with Crippen LogP contribution in [0.2, 0.25) is 0 Å². The van der Waals surface area contributed by atoms with E-state index in [1.807, 2.05) is 17.9 Å². The van der Waals surface area contributed by atoms with E-state index in [1.165, 1.54) is 11.8 Å². The van der Waals surface area contributed by atoms with Crippen LogP contribution in [0.15, 0.2) is 27.8 Å². The van der Waals surface area contributed by atoms with E-state index >= 15 is 0 Å². The van der Waals surface area contributed by atoms with Crippen LogP contribution < -0.4 is 14.4 Å². The predicted molar refractivity (Wildman–Crippen MR) is 106 cm³/mol.